The summed E-state index contributed by atoms with van der Waals surface area (Å²) in [7, 11) is 0. The van der Waals surface area contributed by atoms with Gasteiger partial charge in [-0.1, -0.05) is 28.1 Å². The van der Waals surface area contributed by atoms with Gasteiger partial charge in [0.15, 0.2) is 0 Å². The molecule has 1 aromatic carbocycles. The summed E-state index contributed by atoms with van der Waals surface area (Å²) in [5.41, 5.74) is 0.817. The minimum atomic E-state index is -0.385. The van der Waals surface area contributed by atoms with Gasteiger partial charge in [-0.2, -0.15) is 0 Å². The summed E-state index contributed by atoms with van der Waals surface area (Å²) in [4.78, 5) is 10.2. The second kappa shape index (κ2) is 4.18. The van der Waals surface area contributed by atoms with E-state index in [1.807, 2.05) is 0 Å². The quantitative estimate of drug-likeness (QED) is 0.464. The Hall–Kier alpha value is -1.16. The highest BCUT2D eigenvalue weighted by Crippen LogP contribution is 2.23. The summed E-state index contributed by atoms with van der Waals surface area (Å²) < 4.78 is 0.715. The van der Waals surface area contributed by atoms with Crippen molar-refractivity contribution in [3.8, 4) is 0 Å². The molecule has 0 saturated heterocycles. The number of nitro benzene ring substituents is 1. The molecule has 0 aliphatic carbocycles. The predicted molar refractivity (Wildman–Crippen MR) is 54.7 cm³/mol. The molecule has 68 valence electrons. The maximum absolute atomic E-state index is 10.6. The molecule has 1 aromatic rings. The molecule has 0 spiro atoms. The molecule has 0 aliphatic rings. The van der Waals surface area contributed by atoms with E-state index >= 15 is 0 Å². The minimum absolute atomic E-state index is 0.134. The third kappa shape index (κ3) is 2.39. The normalized spacial score (nSPS) is 9.62. The van der Waals surface area contributed by atoms with Gasteiger partial charge < -0.3 is 0 Å². The van der Waals surface area contributed by atoms with Gasteiger partial charge in [0.2, 0.25) is 0 Å². The molecule has 13 heavy (non-hydrogen) atoms. The fraction of sp³-hybridized carbons (Fsp3) is 0.111. The first kappa shape index (κ1) is 9.92. The molecule has 0 amide bonds. The number of benzene rings is 1. The van der Waals surface area contributed by atoms with Gasteiger partial charge in [0.1, 0.15) is 0 Å². The maximum Gasteiger partial charge on any atom is 0.274 e. The fourth-order valence-electron chi connectivity index (χ4n) is 1.04. The topological polar surface area (TPSA) is 43.1 Å². The van der Waals surface area contributed by atoms with Crippen LogP contribution in [-0.4, -0.2) is 4.92 Å². The Kier molecular flexibility index (Phi) is 3.19. The molecule has 0 fully saturated rings. The number of nitrogens with zero attached hydrogens (tertiary/aromatic N) is 1. The van der Waals surface area contributed by atoms with Crippen LogP contribution >= 0.6 is 15.9 Å². The van der Waals surface area contributed by atoms with E-state index in [0.29, 0.717) is 16.5 Å². The lowest BCUT2D eigenvalue weighted by atomic mass is 10.1. The predicted octanol–water partition coefficient (Wildman–Crippen LogP) is 3.09. The molecule has 0 aliphatic heterocycles. The number of allylic oxidation sites excluding steroid dienone is 1. The molecule has 0 N–H and O–H groups in total. The van der Waals surface area contributed by atoms with Crippen LogP contribution in [0.2, 0.25) is 0 Å². The van der Waals surface area contributed by atoms with Gasteiger partial charge >= 0.3 is 0 Å². The molecule has 0 heterocycles. The van der Waals surface area contributed by atoms with E-state index in [4.69, 9.17) is 0 Å². The van der Waals surface area contributed by atoms with Gasteiger partial charge in [0, 0.05) is 16.1 Å². The number of halogens is 1. The molecule has 4 heteroatoms. The van der Waals surface area contributed by atoms with Crippen molar-refractivity contribution in [2.45, 2.75) is 6.42 Å². The Bertz CT molecular complexity index is 349. The summed E-state index contributed by atoms with van der Waals surface area (Å²) in [6, 6.07) is 5.01. The van der Waals surface area contributed by atoms with Gasteiger partial charge in [-0.25, -0.2) is 0 Å². The first-order valence-corrected chi connectivity index (χ1v) is 4.48. The SMILES string of the molecule is C=CCc1ccc(Br)cc1[N+](=O)[O-]. The van der Waals surface area contributed by atoms with Crippen molar-refractivity contribution in [2.24, 2.45) is 0 Å². The first-order chi connectivity index (χ1) is 6.15. The van der Waals surface area contributed by atoms with E-state index in [1.165, 1.54) is 6.07 Å². The Morgan fingerprint density at radius 1 is 1.62 bits per heavy atom. The van der Waals surface area contributed by atoms with Crippen LogP contribution in [0.1, 0.15) is 5.56 Å². The van der Waals surface area contributed by atoms with E-state index in [1.54, 1.807) is 18.2 Å². The van der Waals surface area contributed by atoms with Crippen LogP contribution in [0.4, 0.5) is 5.69 Å². The lowest BCUT2D eigenvalue weighted by Crippen LogP contribution is -1.94. The van der Waals surface area contributed by atoms with Crippen molar-refractivity contribution < 1.29 is 4.92 Å². The van der Waals surface area contributed by atoms with E-state index in [-0.39, 0.29) is 10.6 Å². The molecule has 1 rings (SSSR count). The van der Waals surface area contributed by atoms with E-state index in [9.17, 15) is 10.1 Å². The number of hydrogen-bond acceptors (Lipinski definition) is 2. The third-order valence-electron chi connectivity index (χ3n) is 1.61. The molecule has 0 bridgehead atoms. The molecule has 0 aromatic heterocycles. The zero-order chi connectivity index (χ0) is 9.84. The van der Waals surface area contributed by atoms with Crippen molar-refractivity contribution in [1.82, 2.24) is 0 Å². The van der Waals surface area contributed by atoms with Crippen molar-refractivity contribution in [1.29, 1.82) is 0 Å². The van der Waals surface area contributed by atoms with Crippen LogP contribution < -0.4 is 0 Å². The van der Waals surface area contributed by atoms with E-state index in [2.05, 4.69) is 22.5 Å². The smallest absolute Gasteiger partial charge is 0.258 e. The minimum Gasteiger partial charge on any atom is -0.258 e. The Labute approximate surface area is 84.4 Å². The van der Waals surface area contributed by atoms with Crippen molar-refractivity contribution >= 4 is 21.6 Å². The maximum atomic E-state index is 10.6. The highest BCUT2D eigenvalue weighted by Gasteiger charge is 2.11. The van der Waals surface area contributed by atoms with Gasteiger partial charge in [0.25, 0.3) is 5.69 Å². The highest BCUT2D eigenvalue weighted by molar-refractivity contribution is 9.10. The monoisotopic (exact) mass is 241 g/mol. The second-order valence-electron chi connectivity index (χ2n) is 2.52. The Morgan fingerprint density at radius 2 is 2.31 bits per heavy atom. The van der Waals surface area contributed by atoms with Crippen molar-refractivity contribution in [3.05, 3.63) is 51.0 Å². The van der Waals surface area contributed by atoms with E-state index in [0.717, 1.165) is 0 Å². The van der Waals surface area contributed by atoms with Crippen LogP contribution in [-0.2, 0) is 6.42 Å². The molecular formula is C9H8BrNO2. The first-order valence-electron chi connectivity index (χ1n) is 3.69. The third-order valence-corrected chi connectivity index (χ3v) is 2.10. The summed E-state index contributed by atoms with van der Waals surface area (Å²) in [6.07, 6.45) is 2.17. The molecule has 3 nitrogen and oxygen atoms in total. The van der Waals surface area contributed by atoms with Crippen LogP contribution in [0.15, 0.2) is 35.3 Å². The van der Waals surface area contributed by atoms with Gasteiger partial charge in [-0.3, -0.25) is 10.1 Å². The summed E-state index contributed by atoms with van der Waals surface area (Å²) >= 11 is 3.19. The van der Waals surface area contributed by atoms with Crippen molar-refractivity contribution in [2.75, 3.05) is 0 Å². The Balaban J connectivity index is 3.17. The van der Waals surface area contributed by atoms with Gasteiger partial charge in [-0.05, 0) is 12.5 Å². The van der Waals surface area contributed by atoms with Gasteiger partial charge in [0.05, 0.1) is 4.92 Å². The van der Waals surface area contributed by atoms with Crippen LogP contribution in [0.3, 0.4) is 0 Å². The summed E-state index contributed by atoms with van der Waals surface area (Å²) in [6.45, 7) is 3.54. The number of rotatable bonds is 3. The van der Waals surface area contributed by atoms with Crippen molar-refractivity contribution in [3.63, 3.8) is 0 Å². The van der Waals surface area contributed by atoms with Crippen LogP contribution in [0.5, 0.6) is 0 Å². The standard InChI is InChI=1S/C9H8BrNO2/c1-2-3-7-4-5-8(10)6-9(7)11(12)13/h2,4-6H,1,3H2. The Morgan fingerprint density at radius 3 is 2.85 bits per heavy atom. The second-order valence-corrected chi connectivity index (χ2v) is 3.44. The average molecular weight is 242 g/mol. The largest absolute Gasteiger partial charge is 0.274 e. The number of nitro groups is 1. The zero-order valence-corrected chi connectivity index (χ0v) is 8.45. The summed E-state index contributed by atoms with van der Waals surface area (Å²) in [5.74, 6) is 0. The molecular weight excluding hydrogens is 234 g/mol. The van der Waals surface area contributed by atoms with Crippen LogP contribution in [0, 0.1) is 10.1 Å². The molecule has 0 saturated carbocycles. The van der Waals surface area contributed by atoms with Gasteiger partial charge in [-0.15, -0.1) is 6.58 Å². The summed E-state index contributed by atoms with van der Waals surface area (Å²) in [5, 5.41) is 10.6. The zero-order valence-electron chi connectivity index (χ0n) is 6.87. The lowest BCUT2D eigenvalue weighted by molar-refractivity contribution is -0.385. The lowest BCUT2D eigenvalue weighted by Gasteiger charge is -1.99. The number of hydrogen-bond donors (Lipinski definition) is 0. The fourth-order valence-corrected chi connectivity index (χ4v) is 1.38. The van der Waals surface area contributed by atoms with E-state index < -0.39 is 0 Å². The molecule has 0 atom stereocenters. The highest BCUT2D eigenvalue weighted by atomic mass is 79.9. The molecule has 0 unspecified atom stereocenters. The average Bonchev–Trinajstić information content (AvgIpc) is 2.08. The van der Waals surface area contributed by atoms with Crippen LogP contribution in [0.25, 0.3) is 0 Å². The molecule has 0 radical (unpaired) electrons.